The molecule has 1 N–H and O–H groups in total. The Hall–Kier alpha value is -2.25. The van der Waals surface area contributed by atoms with Crippen LogP contribution < -0.4 is 4.74 Å². The van der Waals surface area contributed by atoms with Crippen molar-refractivity contribution < 1.29 is 32.6 Å². The van der Waals surface area contributed by atoms with Gasteiger partial charge in [0, 0.05) is 13.1 Å². The summed E-state index contributed by atoms with van der Waals surface area (Å²) < 4.78 is 44.2. The van der Waals surface area contributed by atoms with Crippen LogP contribution in [0.1, 0.15) is 11.1 Å². The first-order valence-corrected chi connectivity index (χ1v) is 7.37. The van der Waals surface area contributed by atoms with Crippen LogP contribution in [0.2, 0.25) is 0 Å². The largest absolute Gasteiger partial charge is 0.483 e. The van der Waals surface area contributed by atoms with E-state index in [2.05, 4.69) is 0 Å². The van der Waals surface area contributed by atoms with Gasteiger partial charge in [0.25, 0.3) is 5.91 Å². The number of hydrogen-bond donors (Lipinski definition) is 1. The maximum absolute atomic E-state index is 12.9. The molecule has 1 saturated heterocycles. The molecule has 1 aliphatic rings. The Kier molecular flexibility index (Phi) is 5.05. The Morgan fingerprint density at radius 3 is 2.50 bits per heavy atom. The van der Waals surface area contributed by atoms with Gasteiger partial charge in [0.15, 0.2) is 6.61 Å². The second-order valence-electron chi connectivity index (χ2n) is 5.95. The number of nitrogens with zero attached hydrogens (tertiary/aromatic N) is 1. The minimum Gasteiger partial charge on any atom is -0.483 e. The van der Waals surface area contributed by atoms with Crippen molar-refractivity contribution in [3.05, 3.63) is 29.3 Å². The second kappa shape index (κ2) is 6.70. The van der Waals surface area contributed by atoms with Gasteiger partial charge < -0.3 is 14.7 Å². The highest BCUT2D eigenvalue weighted by atomic mass is 19.4. The maximum atomic E-state index is 12.9. The predicted octanol–water partition coefficient (Wildman–Crippen LogP) is 2.40. The number of aliphatic carboxylic acids is 1. The van der Waals surface area contributed by atoms with Crippen LogP contribution >= 0.6 is 0 Å². The predicted molar refractivity (Wildman–Crippen MR) is 78.7 cm³/mol. The van der Waals surface area contributed by atoms with E-state index in [0.29, 0.717) is 5.75 Å². The quantitative estimate of drug-likeness (QED) is 0.910. The van der Waals surface area contributed by atoms with Crippen molar-refractivity contribution in [3.63, 3.8) is 0 Å². The summed E-state index contributed by atoms with van der Waals surface area (Å²) in [6, 6.07) is 5.41. The molecule has 8 heteroatoms. The maximum Gasteiger partial charge on any atom is 0.394 e. The third-order valence-electron chi connectivity index (χ3n) is 4.11. The van der Waals surface area contributed by atoms with Gasteiger partial charge in [0.1, 0.15) is 5.75 Å². The summed E-state index contributed by atoms with van der Waals surface area (Å²) >= 11 is 0. The van der Waals surface area contributed by atoms with E-state index in [1.54, 1.807) is 13.0 Å². The van der Waals surface area contributed by atoms with Crippen molar-refractivity contribution in [3.8, 4) is 5.75 Å². The molecular weight excluding hydrogens is 327 g/mol. The van der Waals surface area contributed by atoms with E-state index in [1.807, 2.05) is 19.1 Å². The zero-order valence-electron chi connectivity index (χ0n) is 13.3. The van der Waals surface area contributed by atoms with E-state index < -0.39 is 49.6 Å². The Morgan fingerprint density at radius 1 is 1.29 bits per heavy atom. The van der Waals surface area contributed by atoms with Crippen LogP contribution in [0.25, 0.3) is 0 Å². The van der Waals surface area contributed by atoms with Gasteiger partial charge in [0.2, 0.25) is 0 Å². The summed E-state index contributed by atoms with van der Waals surface area (Å²) in [5.74, 6) is -5.43. The number of benzene rings is 1. The Morgan fingerprint density at radius 2 is 1.96 bits per heavy atom. The smallest absolute Gasteiger partial charge is 0.394 e. The van der Waals surface area contributed by atoms with Crippen LogP contribution in [0.4, 0.5) is 13.2 Å². The average molecular weight is 345 g/mol. The van der Waals surface area contributed by atoms with Gasteiger partial charge in [-0.15, -0.1) is 0 Å². The van der Waals surface area contributed by atoms with E-state index in [1.165, 1.54) is 0 Å². The highest BCUT2D eigenvalue weighted by Crippen LogP contribution is 2.37. The molecule has 0 spiro atoms. The van der Waals surface area contributed by atoms with Crippen molar-refractivity contribution in [2.45, 2.75) is 20.0 Å². The summed E-state index contributed by atoms with van der Waals surface area (Å²) in [4.78, 5) is 24.0. The van der Waals surface area contributed by atoms with Crippen molar-refractivity contribution in [1.82, 2.24) is 4.90 Å². The molecule has 0 radical (unpaired) electrons. The SMILES string of the molecule is Cc1ccc(C)c(OCC(=O)N2C[C@@H](C(F)(F)F)[C@H](C(=O)O)C2)c1. The number of amides is 1. The first-order chi connectivity index (χ1) is 11.1. The molecule has 1 aromatic carbocycles. The summed E-state index contributed by atoms with van der Waals surface area (Å²) in [5.41, 5.74) is 1.72. The summed E-state index contributed by atoms with van der Waals surface area (Å²) in [7, 11) is 0. The van der Waals surface area contributed by atoms with Gasteiger partial charge in [-0.3, -0.25) is 9.59 Å². The van der Waals surface area contributed by atoms with Gasteiger partial charge in [-0.2, -0.15) is 13.2 Å². The van der Waals surface area contributed by atoms with Gasteiger partial charge in [0.05, 0.1) is 11.8 Å². The Bertz CT molecular complexity index is 645. The second-order valence-corrected chi connectivity index (χ2v) is 5.95. The van der Waals surface area contributed by atoms with Crippen molar-refractivity contribution in [1.29, 1.82) is 0 Å². The molecule has 132 valence electrons. The third kappa shape index (κ3) is 3.98. The first kappa shape index (κ1) is 18.1. The molecule has 1 fully saturated rings. The lowest BCUT2D eigenvalue weighted by Crippen LogP contribution is -2.35. The van der Waals surface area contributed by atoms with E-state index in [-0.39, 0.29) is 0 Å². The minimum atomic E-state index is -4.66. The molecule has 0 bridgehead atoms. The van der Waals surface area contributed by atoms with Gasteiger partial charge in [-0.25, -0.2) is 0 Å². The molecule has 1 amide bonds. The van der Waals surface area contributed by atoms with Crippen LogP contribution in [-0.4, -0.2) is 47.8 Å². The van der Waals surface area contributed by atoms with Crippen LogP contribution in [-0.2, 0) is 9.59 Å². The molecule has 0 saturated carbocycles. The fourth-order valence-corrected chi connectivity index (χ4v) is 2.68. The van der Waals surface area contributed by atoms with E-state index in [9.17, 15) is 22.8 Å². The number of rotatable bonds is 4. The lowest BCUT2D eigenvalue weighted by molar-refractivity contribution is -0.188. The molecule has 24 heavy (non-hydrogen) atoms. The number of ether oxygens (including phenoxy) is 1. The molecule has 0 aliphatic carbocycles. The highest BCUT2D eigenvalue weighted by molar-refractivity contribution is 5.80. The molecule has 5 nitrogen and oxygen atoms in total. The molecule has 0 unspecified atom stereocenters. The van der Waals surface area contributed by atoms with Crippen LogP contribution in [0.5, 0.6) is 5.75 Å². The molecule has 0 aromatic heterocycles. The fourth-order valence-electron chi connectivity index (χ4n) is 2.68. The molecule has 1 aromatic rings. The number of alkyl halides is 3. The molecular formula is C16H18F3NO4. The molecule has 2 atom stereocenters. The Balaban J connectivity index is 2.03. The average Bonchev–Trinajstić information content (AvgIpc) is 2.93. The molecule has 1 aliphatic heterocycles. The minimum absolute atomic E-state index is 0.429. The van der Waals surface area contributed by atoms with Gasteiger partial charge in [-0.05, 0) is 31.0 Å². The number of carbonyl (C=O) groups is 2. The number of likely N-dealkylation sites (tertiary alicyclic amines) is 1. The Labute approximate surface area is 137 Å². The van der Waals surface area contributed by atoms with E-state index >= 15 is 0 Å². The summed E-state index contributed by atoms with van der Waals surface area (Å²) in [5, 5.41) is 8.95. The van der Waals surface area contributed by atoms with Crippen LogP contribution in [0.3, 0.4) is 0 Å². The lowest BCUT2D eigenvalue weighted by atomic mass is 9.96. The van der Waals surface area contributed by atoms with E-state index in [4.69, 9.17) is 9.84 Å². The van der Waals surface area contributed by atoms with Gasteiger partial charge in [-0.1, -0.05) is 12.1 Å². The third-order valence-corrected chi connectivity index (χ3v) is 4.11. The number of hydrogen-bond acceptors (Lipinski definition) is 3. The first-order valence-electron chi connectivity index (χ1n) is 7.37. The zero-order chi connectivity index (χ0) is 18.1. The standard InChI is InChI=1S/C16H18F3NO4/c1-9-3-4-10(2)13(5-9)24-8-14(21)20-6-11(15(22)23)12(7-20)16(17,18)19/h3-5,11-12H,6-8H2,1-2H3,(H,22,23)/t11-,12-/m1/s1. The van der Waals surface area contributed by atoms with Crippen molar-refractivity contribution >= 4 is 11.9 Å². The summed E-state index contributed by atoms with van der Waals surface area (Å²) in [6.07, 6.45) is -4.66. The summed E-state index contributed by atoms with van der Waals surface area (Å²) in [6.45, 7) is 2.08. The normalized spacial score (nSPS) is 21.0. The van der Waals surface area contributed by atoms with E-state index in [0.717, 1.165) is 16.0 Å². The number of carbonyl (C=O) groups excluding carboxylic acids is 1. The van der Waals surface area contributed by atoms with Crippen molar-refractivity contribution in [2.24, 2.45) is 11.8 Å². The number of carboxylic acids is 1. The highest BCUT2D eigenvalue weighted by Gasteiger charge is 2.53. The zero-order valence-corrected chi connectivity index (χ0v) is 13.3. The van der Waals surface area contributed by atoms with Crippen molar-refractivity contribution in [2.75, 3.05) is 19.7 Å². The lowest BCUT2D eigenvalue weighted by Gasteiger charge is -2.18. The van der Waals surface area contributed by atoms with Crippen LogP contribution in [0, 0.1) is 25.7 Å². The topological polar surface area (TPSA) is 66.8 Å². The van der Waals surface area contributed by atoms with Gasteiger partial charge >= 0.3 is 12.1 Å². The van der Waals surface area contributed by atoms with Crippen LogP contribution in [0.15, 0.2) is 18.2 Å². The number of halogens is 3. The molecule has 2 rings (SSSR count). The monoisotopic (exact) mass is 345 g/mol. The number of aryl methyl sites for hydroxylation is 2. The fraction of sp³-hybridized carbons (Fsp3) is 0.500. The number of carboxylic acid groups (broad SMARTS) is 1. The molecule has 1 heterocycles.